The summed E-state index contributed by atoms with van der Waals surface area (Å²) in [7, 11) is -2.35. The number of carbonyl (C=O) groups is 2. The van der Waals surface area contributed by atoms with Gasteiger partial charge in [0.15, 0.2) is 11.5 Å². The summed E-state index contributed by atoms with van der Waals surface area (Å²) in [6, 6.07) is 20.6. The summed E-state index contributed by atoms with van der Waals surface area (Å²) in [5.74, 6) is 0.465. The zero-order valence-electron chi connectivity index (χ0n) is 25.5. The summed E-state index contributed by atoms with van der Waals surface area (Å²) in [6.07, 6.45) is 1.94. The van der Waals surface area contributed by atoms with Crippen LogP contribution in [0.25, 0.3) is 0 Å². The molecule has 44 heavy (non-hydrogen) atoms. The van der Waals surface area contributed by atoms with Crippen molar-refractivity contribution in [2.45, 2.75) is 45.7 Å². The van der Waals surface area contributed by atoms with Gasteiger partial charge in [-0.1, -0.05) is 55.8 Å². The van der Waals surface area contributed by atoms with Crippen LogP contribution in [0.15, 0.2) is 72.8 Å². The molecule has 0 radical (unpaired) electrons. The van der Waals surface area contributed by atoms with Crippen molar-refractivity contribution in [2.24, 2.45) is 0 Å². The van der Waals surface area contributed by atoms with Gasteiger partial charge in [-0.05, 0) is 48.7 Å². The molecule has 0 bridgehead atoms. The summed E-state index contributed by atoms with van der Waals surface area (Å²) in [6.45, 7) is 4.31. The van der Waals surface area contributed by atoms with Crippen LogP contribution in [-0.4, -0.2) is 70.3 Å². The van der Waals surface area contributed by atoms with Gasteiger partial charge in [0.1, 0.15) is 31.5 Å². The molecule has 1 heterocycles. The Morgan fingerprint density at radius 1 is 0.932 bits per heavy atom. The lowest BCUT2D eigenvalue weighted by Crippen LogP contribution is -2.53. The molecule has 0 unspecified atom stereocenters. The number of fused-ring (bicyclic) bond motifs is 1. The highest BCUT2D eigenvalue weighted by atomic mass is 32.2. The number of rotatable bonds is 15. The van der Waals surface area contributed by atoms with Gasteiger partial charge in [0, 0.05) is 25.6 Å². The second-order valence-electron chi connectivity index (χ2n) is 10.5. The van der Waals surface area contributed by atoms with E-state index in [0.717, 1.165) is 28.3 Å². The summed E-state index contributed by atoms with van der Waals surface area (Å²) in [5.41, 5.74) is 1.88. The SMILES string of the molecule is CCCCNC(=O)[C@H](Cc1ccccc1)N(Cc1cccc(OC)c1)C(=O)CN(c1ccc2c(c1)OCCO2)S(=O)(=O)CC. The average Bonchev–Trinajstić information content (AvgIpc) is 3.05. The van der Waals surface area contributed by atoms with Gasteiger partial charge in [0.2, 0.25) is 21.8 Å². The zero-order valence-corrected chi connectivity index (χ0v) is 26.3. The third kappa shape index (κ3) is 8.43. The lowest BCUT2D eigenvalue weighted by atomic mass is 10.0. The van der Waals surface area contributed by atoms with Crippen LogP contribution in [0.4, 0.5) is 5.69 Å². The summed E-state index contributed by atoms with van der Waals surface area (Å²) in [4.78, 5) is 29.6. The number of hydrogen-bond acceptors (Lipinski definition) is 7. The van der Waals surface area contributed by atoms with Crippen LogP contribution in [0, 0.1) is 0 Å². The number of anilines is 1. The number of methoxy groups -OCH3 is 1. The molecule has 3 aromatic rings. The van der Waals surface area contributed by atoms with Gasteiger partial charge in [-0.3, -0.25) is 13.9 Å². The molecular formula is C33H41N3O7S. The second kappa shape index (κ2) is 15.5. The maximum absolute atomic E-state index is 14.4. The summed E-state index contributed by atoms with van der Waals surface area (Å²) >= 11 is 0. The largest absolute Gasteiger partial charge is 0.497 e. The van der Waals surface area contributed by atoms with Crippen molar-refractivity contribution in [2.75, 3.05) is 43.5 Å². The Morgan fingerprint density at radius 2 is 1.66 bits per heavy atom. The van der Waals surface area contributed by atoms with Crippen molar-refractivity contribution >= 4 is 27.5 Å². The first kappa shape index (κ1) is 32.7. The summed E-state index contributed by atoms with van der Waals surface area (Å²) < 4.78 is 44.6. The Morgan fingerprint density at radius 3 is 2.36 bits per heavy atom. The number of nitrogens with one attached hydrogen (secondary N) is 1. The van der Waals surface area contributed by atoms with E-state index in [2.05, 4.69) is 5.32 Å². The Balaban J connectivity index is 1.74. The number of nitrogens with zero attached hydrogens (tertiary/aromatic N) is 2. The lowest BCUT2D eigenvalue weighted by Gasteiger charge is -2.34. The maximum Gasteiger partial charge on any atom is 0.244 e. The number of carbonyl (C=O) groups excluding carboxylic acids is 2. The topological polar surface area (TPSA) is 114 Å². The predicted octanol–water partition coefficient (Wildman–Crippen LogP) is 4.18. The van der Waals surface area contributed by atoms with E-state index in [9.17, 15) is 18.0 Å². The molecule has 0 saturated heterocycles. The average molecular weight is 624 g/mol. The molecule has 11 heteroatoms. The molecular weight excluding hydrogens is 582 g/mol. The van der Waals surface area contributed by atoms with E-state index in [0.29, 0.717) is 37.0 Å². The lowest BCUT2D eigenvalue weighted by molar-refractivity contribution is -0.140. The quantitative estimate of drug-likeness (QED) is 0.253. The van der Waals surface area contributed by atoms with Crippen LogP contribution >= 0.6 is 0 Å². The zero-order chi connectivity index (χ0) is 31.5. The Hall–Kier alpha value is -4.25. The minimum Gasteiger partial charge on any atom is -0.497 e. The van der Waals surface area contributed by atoms with Gasteiger partial charge >= 0.3 is 0 Å². The normalized spacial score (nSPS) is 13.1. The highest BCUT2D eigenvalue weighted by molar-refractivity contribution is 7.92. The van der Waals surface area contributed by atoms with Crippen molar-refractivity contribution in [3.05, 3.63) is 83.9 Å². The fraction of sp³-hybridized carbons (Fsp3) is 0.394. The van der Waals surface area contributed by atoms with Gasteiger partial charge in [0.05, 0.1) is 18.6 Å². The van der Waals surface area contributed by atoms with Crippen LogP contribution in [0.5, 0.6) is 17.2 Å². The fourth-order valence-corrected chi connectivity index (χ4v) is 5.99. The monoisotopic (exact) mass is 623 g/mol. The van der Waals surface area contributed by atoms with E-state index in [1.807, 2.05) is 49.4 Å². The molecule has 0 aromatic heterocycles. The molecule has 0 saturated carbocycles. The minimum atomic E-state index is -3.91. The molecule has 10 nitrogen and oxygen atoms in total. The minimum absolute atomic E-state index is 0.0654. The Labute approximate surface area is 260 Å². The Kier molecular flexibility index (Phi) is 11.5. The molecule has 0 aliphatic carbocycles. The van der Waals surface area contributed by atoms with Crippen molar-refractivity contribution in [1.29, 1.82) is 0 Å². The highest BCUT2D eigenvalue weighted by Gasteiger charge is 2.34. The van der Waals surface area contributed by atoms with Crippen LogP contribution in [0.1, 0.15) is 37.8 Å². The molecule has 1 atom stereocenters. The van der Waals surface area contributed by atoms with Gasteiger partial charge < -0.3 is 24.4 Å². The second-order valence-corrected chi connectivity index (χ2v) is 12.6. The number of unbranched alkanes of at least 4 members (excludes halogenated alkanes) is 1. The molecule has 1 N–H and O–H groups in total. The molecule has 3 aromatic carbocycles. The van der Waals surface area contributed by atoms with Gasteiger partial charge in [-0.2, -0.15) is 0 Å². The van der Waals surface area contributed by atoms with E-state index < -0.39 is 28.5 Å². The van der Waals surface area contributed by atoms with E-state index in [4.69, 9.17) is 14.2 Å². The number of ether oxygens (including phenoxy) is 3. The first-order valence-electron chi connectivity index (χ1n) is 14.9. The summed E-state index contributed by atoms with van der Waals surface area (Å²) in [5, 5.41) is 2.99. The molecule has 1 aliphatic heterocycles. The van der Waals surface area contributed by atoms with Gasteiger partial charge in [-0.25, -0.2) is 8.42 Å². The van der Waals surface area contributed by atoms with E-state index in [-0.39, 0.29) is 30.3 Å². The predicted molar refractivity (Wildman–Crippen MR) is 170 cm³/mol. The van der Waals surface area contributed by atoms with Crippen molar-refractivity contribution in [1.82, 2.24) is 10.2 Å². The van der Waals surface area contributed by atoms with E-state index in [1.165, 1.54) is 11.8 Å². The smallest absolute Gasteiger partial charge is 0.244 e. The van der Waals surface area contributed by atoms with Crippen LogP contribution < -0.4 is 23.8 Å². The molecule has 2 amide bonds. The standard InChI is InChI=1S/C33H41N3O7S/c1-4-6-17-34-33(38)29(21-25-11-8-7-9-12-25)35(23-26-13-10-14-28(20-26)41-3)32(37)24-36(44(39,40)5-2)27-15-16-30-31(22-27)43-19-18-42-30/h7-16,20,22,29H,4-6,17-19,21,23-24H2,1-3H3,(H,34,38)/t29-/m0/s1. The van der Waals surface area contributed by atoms with Crippen molar-refractivity contribution in [3.8, 4) is 17.2 Å². The molecule has 236 valence electrons. The number of benzene rings is 3. The van der Waals surface area contributed by atoms with E-state index >= 15 is 0 Å². The molecule has 4 rings (SSSR count). The molecule has 1 aliphatic rings. The van der Waals surface area contributed by atoms with Crippen LogP contribution in [-0.2, 0) is 32.6 Å². The number of amides is 2. The maximum atomic E-state index is 14.4. The highest BCUT2D eigenvalue weighted by Crippen LogP contribution is 2.35. The Bertz CT molecular complexity index is 1510. The number of hydrogen-bond donors (Lipinski definition) is 1. The third-order valence-corrected chi connectivity index (χ3v) is 9.12. The van der Waals surface area contributed by atoms with Gasteiger partial charge in [0.25, 0.3) is 0 Å². The first-order chi connectivity index (χ1) is 21.2. The number of sulfonamides is 1. The van der Waals surface area contributed by atoms with Crippen LogP contribution in [0.3, 0.4) is 0 Å². The van der Waals surface area contributed by atoms with Crippen molar-refractivity contribution in [3.63, 3.8) is 0 Å². The van der Waals surface area contributed by atoms with Gasteiger partial charge in [-0.15, -0.1) is 0 Å². The third-order valence-electron chi connectivity index (χ3n) is 7.38. The van der Waals surface area contributed by atoms with Crippen molar-refractivity contribution < 1.29 is 32.2 Å². The van der Waals surface area contributed by atoms with E-state index in [1.54, 1.807) is 37.4 Å². The molecule has 0 fully saturated rings. The molecule has 0 spiro atoms. The first-order valence-corrected chi connectivity index (χ1v) is 16.5. The van der Waals surface area contributed by atoms with Crippen LogP contribution in [0.2, 0.25) is 0 Å². The fourth-order valence-electron chi connectivity index (χ4n) is 4.93.